The summed E-state index contributed by atoms with van der Waals surface area (Å²) >= 11 is 0. The van der Waals surface area contributed by atoms with Gasteiger partial charge in [-0.05, 0) is 13.0 Å². The first-order chi connectivity index (χ1) is 12.7. The number of piperazine rings is 1. The van der Waals surface area contributed by atoms with Crippen LogP contribution in [0, 0.1) is 23.7 Å². The third-order valence-electron chi connectivity index (χ3n) is 4.51. The second kappa shape index (κ2) is 8.33. The van der Waals surface area contributed by atoms with Crippen molar-refractivity contribution in [3.63, 3.8) is 0 Å². The van der Waals surface area contributed by atoms with Crippen LogP contribution in [-0.2, 0) is 6.54 Å². The molecule has 0 N–H and O–H groups in total. The van der Waals surface area contributed by atoms with Crippen molar-refractivity contribution in [1.29, 1.82) is 5.26 Å². The van der Waals surface area contributed by atoms with Gasteiger partial charge in [0.25, 0.3) is 0 Å². The normalized spacial score (nSPS) is 17.3. The van der Waals surface area contributed by atoms with Crippen LogP contribution in [0.15, 0.2) is 36.7 Å². The molecule has 0 aliphatic carbocycles. The van der Waals surface area contributed by atoms with Gasteiger partial charge in [-0.25, -0.2) is 9.97 Å². The summed E-state index contributed by atoms with van der Waals surface area (Å²) in [5.41, 5.74) is 1.50. The van der Waals surface area contributed by atoms with Crippen LogP contribution in [0.2, 0.25) is 0 Å². The summed E-state index contributed by atoms with van der Waals surface area (Å²) in [6.07, 6.45) is 8.48. The molecular formula is C20H21N5O. The Morgan fingerprint density at radius 3 is 2.85 bits per heavy atom. The summed E-state index contributed by atoms with van der Waals surface area (Å²) in [6.45, 7) is 5.70. The summed E-state index contributed by atoms with van der Waals surface area (Å²) < 4.78 is 5.66. The van der Waals surface area contributed by atoms with Gasteiger partial charge in [-0.15, -0.1) is 6.42 Å². The Balaban J connectivity index is 1.69. The second-order valence-electron chi connectivity index (χ2n) is 6.21. The maximum absolute atomic E-state index is 9.25. The molecule has 1 aromatic heterocycles. The van der Waals surface area contributed by atoms with E-state index < -0.39 is 0 Å². The van der Waals surface area contributed by atoms with Crippen LogP contribution >= 0.6 is 0 Å². The fourth-order valence-corrected chi connectivity index (χ4v) is 3.18. The molecular weight excluding hydrogens is 326 g/mol. The molecule has 1 saturated heterocycles. The minimum atomic E-state index is 0.268. The van der Waals surface area contributed by atoms with Crippen LogP contribution in [0.3, 0.4) is 0 Å². The zero-order valence-corrected chi connectivity index (χ0v) is 14.8. The summed E-state index contributed by atoms with van der Waals surface area (Å²) in [5.74, 6) is 4.01. The number of terminal acetylenes is 1. The zero-order valence-electron chi connectivity index (χ0n) is 14.8. The van der Waals surface area contributed by atoms with Crippen molar-refractivity contribution >= 4 is 5.82 Å². The number of para-hydroxylation sites is 1. The highest BCUT2D eigenvalue weighted by atomic mass is 16.5. The fourth-order valence-electron chi connectivity index (χ4n) is 3.18. The number of aromatic nitrogens is 2. The third kappa shape index (κ3) is 3.93. The van der Waals surface area contributed by atoms with E-state index in [1.165, 1.54) is 0 Å². The Morgan fingerprint density at radius 2 is 2.08 bits per heavy atom. The van der Waals surface area contributed by atoms with Crippen molar-refractivity contribution in [2.45, 2.75) is 19.5 Å². The number of rotatable bonds is 5. The molecule has 26 heavy (non-hydrogen) atoms. The maximum Gasteiger partial charge on any atom is 0.183 e. The average Bonchev–Trinajstić information content (AvgIpc) is 2.68. The first-order valence-corrected chi connectivity index (χ1v) is 8.57. The van der Waals surface area contributed by atoms with E-state index >= 15 is 0 Å². The van der Waals surface area contributed by atoms with Gasteiger partial charge in [-0.1, -0.05) is 24.1 Å². The predicted molar refractivity (Wildman–Crippen MR) is 99.6 cm³/mol. The third-order valence-corrected chi connectivity index (χ3v) is 4.51. The van der Waals surface area contributed by atoms with Crippen LogP contribution in [0.25, 0.3) is 0 Å². The average molecular weight is 347 g/mol. The molecule has 3 rings (SSSR count). The van der Waals surface area contributed by atoms with Crippen LogP contribution in [0.5, 0.6) is 5.75 Å². The molecule has 1 aromatic carbocycles. The molecule has 0 bridgehead atoms. The highest BCUT2D eigenvalue weighted by Crippen LogP contribution is 2.24. The fraction of sp³-hybridized carbons (Fsp3) is 0.350. The molecule has 0 unspecified atom stereocenters. The highest BCUT2D eigenvalue weighted by Gasteiger charge is 2.26. The van der Waals surface area contributed by atoms with E-state index in [0.717, 1.165) is 37.5 Å². The molecule has 6 nitrogen and oxygen atoms in total. The first-order valence-electron chi connectivity index (χ1n) is 8.57. The van der Waals surface area contributed by atoms with Crippen LogP contribution in [0.1, 0.15) is 18.2 Å². The summed E-state index contributed by atoms with van der Waals surface area (Å²) in [5, 5.41) is 9.25. The Bertz CT molecular complexity index is 839. The van der Waals surface area contributed by atoms with Gasteiger partial charge in [0.1, 0.15) is 18.4 Å². The second-order valence-corrected chi connectivity index (χ2v) is 6.21. The van der Waals surface area contributed by atoms with E-state index in [1.807, 2.05) is 18.2 Å². The number of ether oxygens (including phenoxy) is 1. The van der Waals surface area contributed by atoms with Gasteiger partial charge in [0.05, 0.1) is 0 Å². The molecule has 0 saturated carbocycles. The quantitative estimate of drug-likeness (QED) is 0.772. The van der Waals surface area contributed by atoms with E-state index in [9.17, 15) is 5.26 Å². The van der Waals surface area contributed by atoms with Crippen molar-refractivity contribution in [1.82, 2.24) is 14.9 Å². The number of hydrogen-bond donors (Lipinski definition) is 0. The number of benzene rings is 1. The number of nitrogens with zero attached hydrogens (tertiary/aromatic N) is 5. The molecule has 0 amide bonds. The number of anilines is 1. The molecule has 0 radical (unpaired) electrons. The zero-order chi connectivity index (χ0) is 18.4. The molecule has 132 valence electrons. The molecule has 1 atom stereocenters. The molecule has 1 fully saturated rings. The van der Waals surface area contributed by atoms with Crippen molar-refractivity contribution in [2.75, 3.05) is 31.1 Å². The van der Waals surface area contributed by atoms with Crippen LogP contribution in [-0.4, -0.2) is 47.2 Å². The highest BCUT2D eigenvalue weighted by molar-refractivity contribution is 5.50. The van der Waals surface area contributed by atoms with Gasteiger partial charge in [-0.3, -0.25) is 4.90 Å². The lowest BCUT2D eigenvalue weighted by Gasteiger charge is -2.40. The minimum Gasteiger partial charge on any atom is -0.481 e. The minimum absolute atomic E-state index is 0.268. The maximum atomic E-state index is 9.25. The predicted octanol–water partition coefficient (Wildman–Crippen LogP) is 2.07. The number of hydrogen-bond acceptors (Lipinski definition) is 6. The lowest BCUT2D eigenvalue weighted by Crippen LogP contribution is -2.52. The van der Waals surface area contributed by atoms with E-state index in [4.69, 9.17) is 11.2 Å². The van der Waals surface area contributed by atoms with Gasteiger partial charge >= 0.3 is 0 Å². The van der Waals surface area contributed by atoms with Crippen molar-refractivity contribution in [2.24, 2.45) is 0 Å². The molecule has 2 heterocycles. The Hall–Kier alpha value is -3.09. The van der Waals surface area contributed by atoms with Gasteiger partial charge in [0, 0.05) is 50.2 Å². The Labute approximate surface area is 154 Å². The molecule has 2 aromatic rings. The summed E-state index contributed by atoms with van der Waals surface area (Å²) in [4.78, 5) is 13.0. The van der Waals surface area contributed by atoms with E-state index in [1.54, 1.807) is 12.4 Å². The SMILES string of the molecule is C#CCOc1ccccc1CN1CCN(c2nccnc2C#N)C[C@H]1C. The van der Waals surface area contributed by atoms with Gasteiger partial charge in [-0.2, -0.15) is 5.26 Å². The van der Waals surface area contributed by atoms with Crippen LogP contribution in [0.4, 0.5) is 5.82 Å². The molecule has 1 aliphatic rings. The summed E-state index contributed by atoms with van der Waals surface area (Å²) in [6, 6.07) is 10.4. The van der Waals surface area contributed by atoms with Gasteiger partial charge in [0.15, 0.2) is 11.5 Å². The lowest BCUT2D eigenvalue weighted by molar-refractivity contribution is 0.178. The van der Waals surface area contributed by atoms with Gasteiger partial charge in [0.2, 0.25) is 0 Å². The van der Waals surface area contributed by atoms with E-state index in [2.05, 4.69) is 44.7 Å². The standard InChI is InChI=1S/C20H21N5O/c1-3-12-26-19-7-5-4-6-17(19)15-24-10-11-25(14-16(24)2)20-18(13-21)22-8-9-23-20/h1,4-9,16H,10-12,14-15H2,2H3/t16-/m1/s1. The van der Waals surface area contributed by atoms with E-state index in [0.29, 0.717) is 17.6 Å². The smallest absolute Gasteiger partial charge is 0.183 e. The van der Waals surface area contributed by atoms with Gasteiger partial charge < -0.3 is 9.64 Å². The van der Waals surface area contributed by atoms with E-state index in [-0.39, 0.29) is 6.61 Å². The summed E-state index contributed by atoms with van der Waals surface area (Å²) in [7, 11) is 0. The van der Waals surface area contributed by atoms with Crippen LogP contribution < -0.4 is 9.64 Å². The lowest BCUT2D eigenvalue weighted by atomic mass is 10.1. The largest absolute Gasteiger partial charge is 0.481 e. The topological polar surface area (TPSA) is 65.3 Å². The monoisotopic (exact) mass is 347 g/mol. The van der Waals surface area contributed by atoms with Crippen molar-refractivity contribution < 1.29 is 4.74 Å². The Morgan fingerprint density at radius 1 is 1.27 bits per heavy atom. The molecule has 6 heteroatoms. The Kier molecular flexibility index (Phi) is 5.68. The first kappa shape index (κ1) is 17.7. The van der Waals surface area contributed by atoms with Crippen molar-refractivity contribution in [3.8, 4) is 24.2 Å². The molecule has 1 aliphatic heterocycles. The van der Waals surface area contributed by atoms with Crippen molar-refractivity contribution in [3.05, 3.63) is 47.9 Å². The number of nitriles is 1. The molecule has 0 spiro atoms.